The van der Waals surface area contributed by atoms with Crippen LogP contribution in [-0.4, -0.2) is 32.9 Å². The van der Waals surface area contributed by atoms with Crippen molar-refractivity contribution >= 4 is 5.97 Å². The average molecular weight is 251 g/mol. The van der Waals surface area contributed by atoms with E-state index in [4.69, 9.17) is 0 Å². The first-order valence-electron chi connectivity index (χ1n) is 6.60. The fraction of sp³-hybridized carbons (Fsp3) is 0.692. The van der Waals surface area contributed by atoms with E-state index in [9.17, 15) is 9.90 Å². The predicted octanol–water partition coefficient (Wildman–Crippen LogP) is 1.60. The molecule has 1 fully saturated rings. The second kappa shape index (κ2) is 5.10. The number of hydrogen-bond donors (Lipinski definition) is 2. The van der Waals surface area contributed by atoms with Crippen LogP contribution >= 0.6 is 0 Å². The molecule has 18 heavy (non-hydrogen) atoms. The van der Waals surface area contributed by atoms with Crippen molar-refractivity contribution in [2.24, 2.45) is 0 Å². The number of carboxylic acids is 1. The van der Waals surface area contributed by atoms with Crippen molar-refractivity contribution in [1.29, 1.82) is 0 Å². The van der Waals surface area contributed by atoms with Gasteiger partial charge in [-0.15, -0.1) is 0 Å². The third-order valence-corrected chi connectivity index (χ3v) is 3.84. The van der Waals surface area contributed by atoms with Crippen LogP contribution < -0.4 is 5.32 Å². The average Bonchev–Trinajstić information content (AvgIpc) is 2.98. The first-order valence-corrected chi connectivity index (χ1v) is 6.60. The summed E-state index contributed by atoms with van der Waals surface area (Å²) in [5.41, 5.74) is 0.0429. The summed E-state index contributed by atoms with van der Waals surface area (Å²) in [6.45, 7) is 5.00. The molecule has 1 saturated heterocycles. The van der Waals surface area contributed by atoms with Crippen LogP contribution in [-0.2, 0) is 11.2 Å². The van der Waals surface area contributed by atoms with Gasteiger partial charge in [-0.2, -0.15) is 5.10 Å². The van der Waals surface area contributed by atoms with E-state index in [1.807, 2.05) is 16.9 Å². The van der Waals surface area contributed by atoms with Crippen molar-refractivity contribution in [2.45, 2.75) is 51.1 Å². The lowest BCUT2D eigenvalue weighted by molar-refractivity contribution is -0.144. The highest BCUT2D eigenvalue weighted by atomic mass is 16.4. The number of nitrogens with zero attached hydrogens (tertiary/aromatic N) is 2. The molecular formula is C13H21N3O2. The van der Waals surface area contributed by atoms with E-state index in [2.05, 4.69) is 24.3 Å². The van der Waals surface area contributed by atoms with Crippen molar-refractivity contribution in [3.8, 4) is 0 Å². The molecule has 0 amide bonds. The van der Waals surface area contributed by atoms with E-state index in [1.54, 1.807) is 0 Å². The van der Waals surface area contributed by atoms with Gasteiger partial charge in [0.1, 0.15) is 5.54 Å². The van der Waals surface area contributed by atoms with E-state index in [0.29, 0.717) is 18.9 Å². The van der Waals surface area contributed by atoms with Crippen molar-refractivity contribution in [3.05, 3.63) is 18.0 Å². The maximum absolute atomic E-state index is 11.4. The van der Waals surface area contributed by atoms with Gasteiger partial charge in [-0.05, 0) is 38.8 Å². The Morgan fingerprint density at radius 1 is 1.72 bits per heavy atom. The van der Waals surface area contributed by atoms with Crippen LogP contribution in [0.4, 0.5) is 0 Å². The third-order valence-electron chi connectivity index (χ3n) is 3.84. The highest BCUT2D eigenvalue weighted by Crippen LogP contribution is 2.24. The van der Waals surface area contributed by atoms with Gasteiger partial charge < -0.3 is 10.4 Å². The van der Waals surface area contributed by atoms with E-state index < -0.39 is 11.5 Å². The van der Waals surface area contributed by atoms with Gasteiger partial charge >= 0.3 is 5.97 Å². The van der Waals surface area contributed by atoms with Gasteiger partial charge in [0.15, 0.2) is 0 Å². The molecule has 1 aliphatic heterocycles. The summed E-state index contributed by atoms with van der Waals surface area (Å²) in [7, 11) is 0. The summed E-state index contributed by atoms with van der Waals surface area (Å²) in [5.74, 6) is -0.766. The summed E-state index contributed by atoms with van der Waals surface area (Å²) < 4.78 is 1.92. The Hall–Kier alpha value is -1.36. The molecule has 2 atom stereocenters. The zero-order valence-corrected chi connectivity index (χ0v) is 11.0. The normalized spacial score (nSPS) is 25.2. The van der Waals surface area contributed by atoms with Gasteiger partial charge in [0, 0.05) is 18.7 Å². The minimum Gasteiger partial charge on any atom is -0.480 e. The molecule has 0 aliphatic carbocycles. The zero-order valence-electron chi connectivity index (χ0n) is 11.0. The molecule has 2 unspecified atom stereocenters. The summed E-state index contributed by atoms with van der Waals surface area (Å²) in [6, 6.07) is 2.28. The maximum Gasteiger partial charge on any atom is 0.324 e. The standard InChI is InChI=1S/C13H21N3O2/c1-3-10(2)16-8-5-11(15-16)9-13(12(17)18)6-4-7-14-13/h5,8,10,14H,3-4,6-7,9H2,1-2H3,(H,17,18). The minimum absolute atomic E-state index is 0.357. The van der Waals surface area contributed by atoms with Crippen LogP contribution in [0.5, 0.6) is 0 Å². The summed E-state index contributed by atoms with van der Waals surface area (Å²) in [5, 5.41) is 17.0. The summed E-state index contributed by atoms with van der Waals surface area (Å²) >= 11 is 0. The van der Waals surface area contributed by atoms with Gasteiger partial charge in [-0.3, -0.25) is 9.48 Å². The molecule has 2 rings (SSSR count). The molecule has 0 spiro atoms. The molecule has 2 heterocycles. The highest BCUT2D eigenvalue weighted by molar-refractivity contribution is 5.79. The Balaban J connectivity index is 2.12. The quantitative estimate of drug-likeness (QED) is 0.834. The molecule has 1 aromatic rings. The van der Waals surface area contributed by atoms with Crippen LogP contribution in [0.3, 0.4) is 0 Å². The molecule has 100 valence electrons. The topological polar surface area (TPSA) is 67.2 Å². The number of aromatic nitrogens is 2. The second-order valence-corrected chi connectivity index (χ2v) is 5.14. The van der Waals surface area contributed by atoms with Crippen LogP contribution in [0.1, 0.15) is 44.8 Å². The van der Waals surface area contributed by atoms with Gasteiger partial charge in [0.2, 0.25) is 0 Å². The number of nitrogens with one attached hydrogen (secondary N) is 1. The molecule has 1 aromatic heterocycles. The fourth-order valence-electron chi connectivity index (χ4n) is 2.43. The number of hydrogen-bond acceptors (Lipinski definition) is 3. The number of rotatable bonds is 5. The fourth-order valence-corrected chi connectivity index (χ4v) is 2.43. The molecule has 0 radical (unpaired) electrons. The van der Waals surface area contributed by atoms with Crippen molar-refractivity contribution in [2.75, 3.05) is 6.54 Å². The van der Waals surface area contributed by atoms with Gasteiger partial charge in [-0.1, -0.05) is 6.92 Å². The van der Waals surface area contributed by atoms with Crippen LogP contribution in [0.2, 0.25) is 0 Å². The van der Waals surface area contributed by atoms with Gasteiger partial charge in [0.25, 0.3) is 0 Å². The number of carbonyl (C=O) groups is 1. The Kier molecular flexibility index (Phi) is 3.71. The first kappa shape index (κ1) is 13.1. The Bertz CT molecular complexity index is 422. The monoisotopic (exact) mass is 251 g/mol. The van der Waals surface area contributed by atoms with Gasteiger partial charge in [0.05, 0.1) is 5.69 Å². The van der Waals surface area contributed by atoms with E-state index in [0.717, 1.165) is 25.1 Å². The van der Waals surface area contributed by atoms with Crippen LogP contribution in [0, 0.1) is 0 Å². The molecule has 0 aromatic carbocycles. The van der Waals surface area contributed by atoms with E-state index >= 15 is 0 Å². The van der Waals surface area contributed by atoms with E-state index in [-0.39, 0.29) is 0 Å². The van der Waals surface area contributed by atoms with Crippen molar-refractivity contribution < 1.29 is 9.90 Å². The molecule has 0 bridgehead atoms. The minimum atomic E-state index is -0.811. The Labute approximate surface area is 107 Å². The number of aliphatic carboxylic acids is 1. The van der Waals surface area contributed by atoms with Crippen molar-refractivity contribution in [3.63, 3.8) is 0 Å². The molecule has 1 aliphatic rings. The maximum atomic E-state index is 11.4. The Morgan fingerprint density at radius 2 is 2.50 bits per heavy atom. The lowest BCUT2D eigenvalue weighted by Crippen LogP contribution is -2.49. The second-order valence-electron chi connectivity index (χ2n) is 5.14. The molecular weight excluding hydrogens is 230 g/mol. The van der Waals surface area contributed by atoms with Crippen molar-refractivity contribution in [1.82, 2.24) is 15.1 Å². The SMILES string of the molecule is CCC(C)n1ccc(CC2(C(=O)O)CCCN2)n1. The third kappa shape index (κ3) is 2.41. The molecule has 5 heteroatoms. The van der Waals surface area contributed by atoms with Gasteiger partial charge in [-0.25, -0.2) is 0 Å². The summed E-state index contributed by atoms with van der Waals surface area (Å²) in [6.07, 6.45) is 5.01. The smallest absolute Gasteiger partial charge is 0.324 e. The zero-order chi connectivity index (χ0) is 13.2. The lowest BCUT2D eigenvalue weighted by Gasteiger charge is -2.23. The predicted molar refractivity (Wildman–Crippen MR) is 68.5 cm³/mol. The van der Waals surface area contributed by atoms with Crippen LogP contribution in [0.25, 0.3) is 0 Å². The summed E-state index contributed by atoms with van der Waals surface area (Å²) in [4.78, 5) is 11.4. The molecule has 0 saturated carbocycles. The highest BCUT2D eigenvalue weighted by Gasteiger charge is 2.41. The Morgan fingerprint density at radius 3 is 3.06 bits per heavy atom. The molecule has 2 N–H and O–H groups in total. The first-order chi connectivity index (χ1) is 8.57. The lowest BCUT2D eigenvalue weighted by atomic mass is 9.92. The largest absolute Gasteiger partial charge is 0.480 e. The molecule has 5 nitrogen and oxygen atoms in total. The van der Waals surface area contributed by atoms with E-state index in [1.165, 1.54) is 0 Å². The number of carboxylic acid groups (broad SMARTS) is 1. The van der Waals surface area contributed by atoms with Crippen LogP contribution in [0.15, 0.2) is 12.3 Å².